The molecule has 0 aliphatic carbocycles. The Bertz CT molecular complexity index is 295. The average molecular weight is 180 g/mol. The summed E-state index contributed by atoms with van der Waals surface area (Å²) >= 11 is 0. The van der Waals surface area contributed by atoms with E-state index in [9.17, 15) is 9.90 Å². The van der Waals surface area contributed by atoms with Crippen molar-refractivity contribution in [2.24, 2.45) is 0 Å². The van der Waals surface area contributed by atoms with Crippen LogP contribution >= 0.6 is 0 Å². The summed E-state index contributed by atoms with van der Waals surface area (Å²) in [7, 11) is 0. The first-order valence-electron chi connectivity index (χ1n) is 4.38. The van der Waals surface area contributed by atoms with Crippen LogP contribution in [0, 0.1) is 0 Å². The number of H-pyrrole nitrogens is 1. The van der Waals surface area contributed by atoms with E-state index in [0.717, 1.165) is 0 Å². The van der Waals surface area contributed by atoms with E-state index in [1.54, 1.807) is 23.2 Å². The van der Waals surface area contributed by atoms with Crippen molar-refractivity contribution in [3.8, 4) is 0 Å². The Labute approximate surface area is 76.2 Å². The fourth-order valence-corrected chi connectivity index (χ4v) is 1.56. The Morgan fingerprint density at radius 2 is 2.54 bits per heavy atom. The molecule has 0 bridgehead atoms. The molecule has 1 atom stereocenters. The second kappa shape index (κ2) is 3.22. The Morgan fingerprint density at radius 3 is 3.08 bits per heavy atom. The van der Waals surface area contributed by atoms with E-state index in [2.05, 4.69) is 4.98 Å². The molecule has 1 aromatic heterocycles. The lowest BCUT2D eigenvalue weighted by atomic mass is 10.3. The zero-order valence-corrected chi connectivity index (χ0v) is 7.23. The SMILES string of the molecule is O=C(c1ccc[nH]1)N1CC[C@H](O)C1. The van der Waals surface area contributed by atoms with Gasteiger partial charge in [0.25, 0.3) is 5.91 Å². The Hall–Kier alpha value is -1.29. The predicted octanol–water partition coefficient (Wildman–Crippen LogP) is 0.221. The molecular weight excluding hydrogens is 168 g/mol. The second-order valence-electron chi connectivity index (χ2n) is 3.28. The van der Waals surface area contributed by atoms with Gasteiger partial charge >= 0.3 is 0 Å². The Kier molecular flexibility index (Phi) is 2.06. The van der Waals surface area contributed by atoms with Crippen LogP contribution in [0.5, 0.6) is 0 Å². The Balaban J connectivity index is 2.06. The molecule has 1 aromatic rings. The van der Waals surface area contributed by atoms with Gasteiger partial charge in [-0.3, -0.25) is 4.79 Å². The Morgan fingerprint density at radius 1 is 1.69 bits per heavy atom. The number of hydrogen-bond acceptors (Lipinski definition) is 2. The predicted molar refractivity (Wildman–Crippen MR) is 47.3 cm³/mol. The quantitative estimate of drug-likeness (QED) is 0.649. The molecule has 2 rings (SSSR count). The van der Waals surface area contributed by atoms with Crippen LogP contribution in [0.4, 0.5) is 0 Å². The molecular formula is C9H12N2O2. The molecule has 1 aliphatic heterocycles. The summed E-state index contributed by atoms with van der Waals surface area (Å²) in [4.78, 5) is 16.2. The molecule has 4 nitrogen and oxygen atoms in total. The average Bonchev–Trinajstić information content (AvgIpc) is 2.72. The number of β-amino-alcohol motifs (C(OH)–C–C–N with tert-alkyl or cyclic N) is 1. The fraction of sp³-hybridized carbons (Fsp3) is 0.444. The van der Waals surface area contributed by atoms with E-state index in [4.69, 9.17) is 0 Å². The molecule has 2 N–H and O–H groups in total. The molecule has 1 amide bonds. The van der Waals surface area contributed by atoms with Crippen molar-refractivity contribution in [2.45, 2.75) is 12.5 Å². The van der Waals surface area contributed by atoms with Gasteiger partial charge in [-0.25, -0.2) is 0 Å². The topological polar surface area (TPSA) is 56.3 Å². The number of aliphatic hydroxyl groups excluding tert-OH is 1. The lowest BCUT2D eigenvalue weighted by Crippen LogP contribution is -2.29. The summed E-state index contributed by atoms with van der Waals surface area (Å²) in [5.74, 6) is -0.0263. The first-order valence-corrected chi connectivity index (χ1v) is 4.38. The minimum atomic E-state index is -0.348. The van der Waals surface area contributed by atoms with Gasteiger partial charge in [0.15, 0.2) is 0 Å². The van der Waals surface area contributed by atoms with Crippen molar-refractivity contribution in [2.75, 3.05) is 13.1 Å². The molecule has 4 heteroatoms. The minimum Gasteiger partial charge on any atom is -0.391 e. The van der Waals surface area contributed by atoms with Gasteiger partial charge in [0, 0.05) is 19.3 Å². The highest BCUT2D eigenvalue weighted by molar-refractivity contribution is 5.92. The number of nitrogens with zero attached hydrogens (tertiary/aromatic N) is 1. The van der Waals surface area contributed by atoms with Crippen LogP contribution in [0.15, 0.2) is 18.3 Å². The van der Waals surface area contributed by atoms with E-state index in [1.807, 2.05) is 0 Å². The molecule has 2 heterocycles. The first kappa shape index (κ1) is 8.31. The third-order valence-electron chi connectivity index (χ3n) is 2.28. The summed E-state index contributed by atoms with van der Waals surface area (Å²) in [5.41, 5.74) is 0.592. The molecule has 1 aliphatic rings. The molecule has 70 valence electrons. The van der Waals surface area contributed by atoms with Crippen LogP contribution in [0.3, 0.4) is 0 Å². The van der Waals surface area contributed by atoms with Crippen LogP contribution in [0.1, 0.15) is 16.9 Å². The molecule has 0 unspecified atom stereocenters. The number of carbonyl (C=O) groups is 1. The summed E-state index contributed by atoms with van der Waals surface area (Å²) in [6.07, 6.45) is 2.06. The largest absolute Gasteiger partial charge is 0.391 e. The van der Waals surface area contributed by atoms with Crippen molar-refractivity contribution in [3.63, 3.8) is 0 Å². The minimum absolute atomic E-state index is 0.0263. The number of amides is 1. The van der Waals surface area contributed by atoms with Crippen molar-refractivity contribution >= 4 is 5.91 Å². The molecule has 1 saturated heterocycles. The fourth-order valence-electron chi connectivity index (χ4n) is 1.56. The number of aromatic amines is 1. The van der Waals surface area contributed by atoms with Gasteiger partial charge < -0.3 is 15.0 Å². The molecule has 0 radical (unpaired) electrons. The van der Waals surface area contributed by atoms with Gasteiger partial charge in [0.05, 0.1) is 6.10 Å². The second-order valence-corrected chi connectivity index (χ2v) is 3.28. The van der Waals surface area contributed by atoms with Crippen molar-refractivity contribution in [3.05, 3.63) is 24.0 Å². The maximum Gasteiger partial charge on any atom is 0.270 e. The number of likely N-dealkylation sites (tertiary alicyclic amines) is 1. The van der Waals surface area contributed by atoms with Gasteiger partial charge in [-0.05, 0) is 18.6 Å². The van der Waals surface area contributed by atoms with Gasteiger partial charge in [-0.15, -0.1) is 0 Å². The summed E-state index contributed by atoms with van der Waals surface area (Å²) in [5, 5.41) is 9.24. The van der Waals surface area contributed by atoms with E-state index >= 15 is 0 Å². The van der Waals surface area contributed by atoms with Crippen molar-refractivity contribution in [1.82, 2.24) is 9.88 Å². The molecule has 13 heavy (non-hydrogen) atoms. The smallest absolute Gasteiger partial charge is 0.270 e. The summed E-state index contributed by atoms with van der Waals surface area (Å²) in [6.45, 7) is 1.11. The third-order valence-corrected chi connectivity index (χ3v) is 2.28. The highest BCUT2D eigenvalue weighted by Gasteiger charge is 2.25. The summed E-state index contributed by atoms with van der Waals surface area (Å²) < 4.78 is 0. The first-order chi connectivity index (χ1) is 6.27. The normalized spacial score (nSPS) is 22.2. The van der Waals surface area contributed by atoms with Crippen LogP contribution in [-0.2, 0) is 0 Å². The number of hydrogen-bond donors (Lipinski definition) is 2. The van der Waals surface area contributed by atoms with E-state index in [-0.39, 0.29) is 12.0 Å². The zero-order chi connectivity index (χ0) is 9.26. The van der Waals surface area contributed by atoms with Crippen molar-refractivity contribution < 1.29 is 9.90 Å². The van der Waals surface area contributed by atoms with Gasteiger partial charge in [0.1, 0.15) is 5.69 Å². The highest BCUT2D eigenvalue weighted by Crippen LogP contribution is 2.11. The number of aromatic nitrogens is 1. The van der Waals surface area contributed by atoms with E-state index in [1.165, 1.54) is 0 Å². The molecule has 0 aromatic carbocycles. The van der Waals surface area contributed by atoms with Gasteiger partial charge in [0.2, 0.25) is 0 Å². The van der Waals surface area contributed by atoms with Gasteiger partial charge in [-0.2, -0.15) is 0 Å². The lowest BCUT2D eigenvalue weighted by Gasteiger charge is -2.13. The van der Waals surface area contributed by atoms with E-state index in [0.29, 0.717) is 25.2 Å². The monoisotopic (exact) mass is 180 g/mol. The van der Waals surface area contributed by atoms with Crippen LogP contribution in [0.25, 0.3) is 0 Å². The van der Waals surface area contributed by atoms with Crippen molar-refractivity contribution in [1.29, 1.82) is 0 Å². The lowest BCUT2D eigenvalue weighted by molar-refractivity contribution is 0.0760. The molecule has 0 spiro atoms. The van der Waals surface area contributed by atoms with Crippen LogP contribution in [0.2, 0.25) is 0 Å². The number of aliphatic hydroxyl groups is 1. The number of rotatable bonds is 1. The molecule has 1 fully saturated rings. The van der Waals surface area contributed by atoms with Gasteiger partial charge in [-0.1, -0.05) is 0 Å². The highest BCUT2D eigenvalue weighted by atomic mass is 16.3. The molecule has 0 saturated carbocycles. The standard InChI is InChI=1S/C9H12N2O2/c12-7-3-5-11(6-7)9(13)8-2-1-4-10-8/h1-2,4,7,10,12H,3,5-6H2/t7-/m0/s1. The van der Waals surface area contributed by atoms with E-state index < -0.39 is 0 Å². The zero-order valence-electron chi connectivity index (χ0n) is 7.23. The maximum atomic E-state index is 11.6. The third kappa shape index (κ3) is 1.58. The number of carbonyl (C=O) groups excluding carboxylic acids is 1. The van der Waals surface area contributed by atoms with Crippen LogP contribution < -0.4 is 0 Å². The maximum absolute atomic E-state index is 11.6. The van der Waals surface area contributed by atoms with Crippen LogP contribution in [-0.4, -0.2) is 40.1 Å². The summed E-state index contributed by atoms with van der Waals surface area (Å²) in [6, 6.07) is 3.53. The number of nitrogens with one attached hydrogen (secondary N) is 1.